The second kappa shape index (κ2) is 14.1. The Morgan fingerprint density at radius 1 is 0.860 bits per heavy atom. The number of benzene rings is 4. The minimum atomic E-state index is -4.13. The van der Waals surface area contributed by atoms with E-state index in [0.717, 1.165) is 15.4 Å². The molecule has 0 atom stereocenters. The van der Waals surface area contributed by atoms with E-state index < -0.39 is 28.4 Å². The molecule has 0 aliphatic heterocycles. The third kappa shape index (κ3) is 7.65. The molecule has 4 aromatic carbocycles. The van der Waals surface area contributed by atoms with Crippen molar-refractivity contribution in [3.05, 3.63) is 113 Å². The zero-order valence-corrected chi connectivity index (χ0v) is 25.5. The van der Waals surface area contributed by atoms with Gasteiger partial charge < -0.3 is 20.1 Å². The van der Waals surface area contributed by atoms with Crippen LogP contribution in [-0.2, 0) is 21.2 Å². The SMILES string of the molecule is COc1ccc(CCNC(=O)c2ccccc2NC(=O)CN(c2ccc(C)c(Cl)c2)S(=O)(=O)c2ccccc2)cc1OC. The second-order valence-corrected chi connectivity index (χ2v) is 11.8. The fourth-order valence-corrected chi connectivity index (χ4v) is 5.94. The summed E-state index contributed by atoms with van der Waals surface area (Å²) in [6.45, 7) is 1.57. The van der Waals surface area contributed by atoms with Gasteiger partial charge in [-0.1, -0.05) is 54.1 Å². The van der Waals surface area contributed by atoms with Crippen LogP contribution >= 0.6 is 11.6 Å². The van der Waals surface area contributed by atoms with Gasteiger partial charge in [-0.05, 0) is 73.0 Å². The number of sulfonamides is 1. The molecule has 0 unspecified atom stereocenters. The molecule has 4 rings (SSSR count). The first-order chi connectivity index (χ1) is 20.6. The van der Waals surface area contributed by atoms with Crippen LogP contribution in [0.5, 0.6) is 11.5 Å². The first-order valence-corrected chi connectivity index (χ1v) is 15.2. The normalized spacial score (nSPS) is 11.0. The molecule has 0 aliphatic rings. The van der Waals surface area contributed by atoms with Gasteiger partial charge in [0.1, 0.15) is 6.54 Å². The van der Waals surface area contributed by atoms with E-state index in [1.807, 2.05) is 12.1 Å². The number of halogens is 1. The van der Waals surface area contributed by atoms with Gasteiger partial charge in [0, 0.05) is 11.6 Å². The van der Waals surface area contributed by atoms with E-state index in [1.165, 1.54) is 18.2 Å². The number of nitrogens with zero attached hydrogens (tertiary/aromatic N) is 1. The number of carbonyl (C=O) groups is 2. The predicted octanol–water partition coefficient (Wildman–Crippen LogP) is 5.47. The molecule has 2 amide bonds. The van der Waals surface area contributed by atoms with Crippen molar-refractivity contribution in [2.45, 2.75) is 18.2 Å². The maximum absolute atomic E-state index is 13.6. The van der Waals surface area contributed by atoms with Crippen LogP contribution in [0.15, 0.2) is 95.9 Å². The van der Waals surface area contributed by atoms with E-state index in [0.29, 0.717) is 29.5 Å². The molecule has 0 aliphatic carbocycles. The molecule has 0 fully saturated rings. The third-order valence-electron chi connectivity index (χ3n) is 6.65. The Bertz CT molecular complexity index is 1710. The van der Waals surface area contributed by atoms with Crippen molar-refractivity contribution in [1.29, 1.82) is 0 Å². The van der Waals surface area contributed by atoms with Gasteiger partial charge in [-0.2, -0.15) is 0 Å². The van der Waals surface area contributed by atoms with Gasteiger partial charge >= 0.3 is 0 Å². The maximum Gasteiger partial charge on any atom is 0.264 e. The van der Waals surface area contributed by atoms with Crippen molar-refractivity contribution in [3.8, 4) is 11.5 Å². The first kappa shape index (κ1) is 31.4. The smallest absolute Gasteiger partial charge is 0.264 e. The molecule has 11 heteroatoms. The number of hydrogen-bond donors (Lipinski definition) is 2. The van der Waals surface area contributed by atoms with Crippen molar-refractivity contribution in [3.63, 3.8) is 0 Å². The summed E-state index contributed by atoms with van der Waals surface area (Å²) in [6.07, 6.45) is 0.534. The van der Waals surface area contributed by atoms with Crippen LogP contribution in [0.25, 0.3) is 0 Å². The van der Waals surface area contributed by atoms with Crippen LogP contribution < -0.4 is 24.4 Å². The standard InChI is InChI=1S/C32H32ClN3O6S/c1-22-13-15-24(20-27(22)33)36(43(39,40)25-9-5-4-6-10-25)21-31(37)35-28-12-8-7-11-26(28)32(38)34-18-17-23-14-16-29(41-2)30(19-23)42-3/h4-16,19-20H,17-18,21H2,1-3H3,(H,34,38)(H,35,37). The molecule has 0 saturated heterocycles. The topological polar surface area (TPSA) is 114 Å². The second-order valence-electron chi connectivity index (χ2n) is 9.55. The summed E-state index contributed by atoms with van der Waals surface area (Å²) in [5.41, 5.74) is 2.42. The number of ether oxygens (including phenoxy) is 2. The third-order valence-corrected chi connectivity index (χ3v) is 8.85. The van der Waals surface area contributed by atoms with E-state index >= 15 is 0 Å². The van der Waals surface area contributed by atoms with Crippen molar-refractivity contribution < 1.29 is 27.5 Å². The van der Waals surface area contributed by atoms with Crippen LogP contribution in [0, 0.1) is 6.92 Å². The van der Waals surface area contributed by atoms with E-state index in [9.17, 15) is 18.0 Å². The lowest BCUT2D eigenvalue weighted by Gasteiger charge is -2.25. The Labute approximate surface area is 256 Å². The van der Waals surface area contributed by atoms with E-state index in [4.69, 9.17) is 21.1 Å². The highest BCUT2D eigenvalue weighted by Gasteiger charge is 2.28. The molecule has 0 spiro atoms. The Hall–Kier alpha value is -4.54. The van der Waals surface area contributed by atoms with Gasteiger partial charge in [-0.15, -0.1) is 0 Å². The minimum absolute atomic E-state index is 0.0220. The van der Waals surface area contributed by atoms with Crippen LogP contribution in [0.3, 0.4) is 0 Å². The zero-order valence-electron chi connectivity index (χ0n) is 24.0. The summed E-state index contributed by atoms with van der Waals surface area (Å²) < 4.78 is 38.9. The summed E-state index contributed by atoms with van der Waals surface area (Å²) in [5, 5.41) is 5.94. The first-order valence-electron chi connectivity index (χ1n) is 13.4. The lowest BCUT2D eigenvalue weighted by atomic mass is 10.1. The van der Waals surface area contributed by atoms with Crippen LogP contribution in [0.1, 0.15) is 21.5 Å². The average molecular weight is 622 g/mol. The number of nitrogens with one attached hydrogen (secondary N) is 2. The van der Waals surface area contributed by atoms with E-state index in [2.05, 4.69) is 10.6 Å². The van der Waals surface area contributed by atoms with Gasteiger partial charge in [0.05, 0.1) is 36.1 Å². The molecule has 4 aromatic rings. The van der Waals surface area contributed by atoms with Crippen LogP contribution in [0.2, 0.25) is 5.02 Å². The number of anilines is 2. The van der Waals surface area contributed by atoms with Crippen molar-refractivity contribution in [2.75, 3.05) is 36.9 Å². The lowest BCUT2D eigenvalue weighted by molar-refractivity contribution is -0.114. The molecule has 2 N–H and O–H groups in total. The lowest BCUT2D eigenvalue weighted by Crippen LogP contribution is -2.38. The fourth-order valence-electron chi connectivity index (χ4n) is 4.33. The Morgan fingerprint density at radius 2 is 1.56 bits per heavy atom. The molecule has 0 aromatic heterocycles. The number of hydrogen-bond acceptors (Lipinski definition) is 6. The Kier molecular flexibility index (Phi) is 10.3. The number of carbonyl (C=O) groups excluding carboxylic acids is 2. The van der Waals surface area contributed by atoms with Crippen molar-refractivity contribution in [1.82, 2.24) is 5.32 Å². The number of para-hydroxylation sites is 1. The molecule has 0 heterocycles. The summed E-state index contributed by atoms with van der Waals surface area (Å²) >= 11 is 6.31. The fraction of sp³-hybridized carbons (Fsp3) is 0.188. The maximum atomic E-state index is 13.6. The van der Waals surface area contributed by atoms with Crippen LogP contribution in [0.4, 0.5) is 11.4 Å². The van der Waals surface area contributed by atoms with Gasteiger partial charge in [0.2, 0.25) is 5.91 Å². The molecule has 43 heavy (non-hydrogen) atoms. The van der Waals surface area contributed by atoms with Crippen LogP contribution in [-0.4, -0.2) is 47.5 Å². The highest BCUT2D eigenvalue weighted by atomic mass is 35.5. The average Bonchev–Trinajstić information content (AvgIpc) is 3.01. The molecular formula is C32H32ClN3O6S. The summed E-state index contributed by atoms with van der Waals surface area (Å²) in [4.78, 5) is 26.4. The Balaban J connectivity index is 1.50. The summed E-state index contributed by atoms with van der Waals surface area (Å²) in [7, 11) is -1.01. The van der Waals surface area contributed by atoms with Gasteiger partial charge in [-0.3, -0.25) is 13.9 Å². The molecular weight excluding hydrogens is 590 g/mol. The quantitative estimate of drug-likeness (QED) is 0.217. The molecule has 9 nitrogen and oxygen atoms in total. The minimum Gasteiger partial charge on any atom is -0.493 e. The van der Waals surface area contributed by atoms with Gasteiger partial charge in [0.25, 0.3) is 15.9 Å². The van der Waals surface area contributed by atoms with Gasteiger partial charge in [-0.25, -0.2) is 8.42 Å². The highest BCUT2D eigenvalue weighted by molar-refractivity contribution is 7.92. The van der Waals surface area contributed by atoms with Crippen molar-refractivity contribution in [2.24, 2.45) is 0 Å². The number of rotatable bonds is 12. The monoisotopic (exact) mass is 621 g/mol. The van der Waals surface area contributed by atoms with Gasteiger partial charge in [0.15, 0.2) is 11.5 Å². The van der Waals surface area contributed by atoms with E-state index in [-0.39, 0.29) is 21.8 Å². The number of amides is 2. The number of aryl methyl sites for hydroxylation is 1. The molecule has 224 valence electrons. The summed E-state index contributed by atoms with van der Waals surface area (Å²) in [5.74, 6) is 0.174. The number of methoxy groups -OCH3 is 2. The summed E-state index contributed by atoms with van der Waals surface area (Å²) in [6, 6.07) is 24.7. The Morgan fingerprint density at radius 3 is 2.26 bits per heavy atom. The predicted molar refractivity (Wildman–Crippen MR) is 168 cm³/mol. The molecule has 0 radical (unpaired) electrons. The van der Waals surface area contributed by atoms with E-state index in [1.54, 1.807) is 81.8 Å². The molecule has 0 bridgehead atoms. The zero-order chi connectivity index (χ0) is 31.0. The van der Waals surface area contributed by atoms with Crippen molar-refractivity contribution >= 4 is 44.8 Å². The molecule has 0 saturated carbocycles. The highest BCUT2D eigenvalue weighted by Crippen LogP contribution is 2.29. The largest absolute Gasteiger partial charge is 0.493 e.